The van der Waals surface area contributed by atoms with Crippen molar-refractivity contribution in [1.82, 2.24) is 4.90 Å². The van der Waals surface area contributed by atoms with Gasteiger partial charge >= 0.3 is 0 Å². The Bertz CT molecular complexity index is 1220. The van der Waals surface area contributed by atoms with Gasteiger partial charge in [0.2, 0.25) is 5.78 Å². The number of phenolic OH excluding ortho intramolecular Hbond substituents is 1. The van der Waals surface area contributed by atoms with Crippen molar-refractivity contribution in [1.29, 1.82) is 0 Å². The fraction of sp³-hybridized carbons (Fsp3) is 0.435. The molecule has 12 heteroatoms. The monoisotopic (exact) mass is 490 g/mol. The maximum atomic E-state index is 15.0. The predicted octanol–water partition coefficient (Wildman–Crippen LogP) is -0.526. The summed E-state index contributed by atoms with van der Waals surface area (Å²) in [5.41, 5.74) is 6.34. The highest BCUT2D eigenvalue weighted by Gasteiger charge is 2.64. The summed E-state index contributed by atoms with van der Waals surface area (Å²) >= 11 is 0. The van der Waals surface area contributed by atoms with E-state index < -0.39 is 69.6 Å². The average molecular weight is 490 g/mol. The number of nitrogens with two attached hydrogens (primary N) is 2. The van der Waals surface area contributed by atoms with E-state index >= 15 is 4.39 Å². The zero-order valence-corrected chi connectivity index (χ0v) is 19.1. The molecule has 1 amide bonds. The number of aromatic hydroxyl groups is 1. The van der Waals surface area contributed by atoms with Crippen molar-refractivity contribution in [3.05, 3.63) is 39.9 Å². The van der Waals surface area contributed by atoms with E-state index in [0.29, 0.717) is 0 Å². The van der Waals surface area contributed by atoms with Crippen LogP contribution >= 0.6 is 0 Å². The molecule has 0 unspecified atom stereocenters. The lowest BCUT2D eigenvalue weighted by molar-refractivity contribution is -0.153. The van der Waals surface area contributed by atoms with E-state index in [0.717, 1.165) is 6.07 Å². The summed E-state index contributed by atoms with van der Waals surface area (Å²) in [6.07, 6.45) is -0.232. The van der Waals surface area contributed by atoms with E-state index in [1.807, 2.05) is 0 Å². The van der Waals surface area contributed by atoms with E-state index in [2.05, 4.69) is 5.32 Å². The number of nitrogens with one attached hydrogen (secondary N) is 1. The van der Waals surface area contributed by atoms with Crippen molar-refractivity contribution in [2.45, 2.75) is 24.5 Å². The number of carbonyl (C=O) groups excluding carboxylic acids is 3. The lowest BCUT2D eigenvalue weighted by atomic mass is 9.57. The van der Waals surface area contributed by atoms with Crippen LogP contribution in [0.2, 0.25) is 0 Å². The van der Waals surface area contributed by atoms with Gasteiger partial charge in [0.1, 0.15) is 28.7 Å². The van der Waals surface area contributed by atoms with Gasteiger partial charge in [0.15, 0.2) is 11.4 Å². The van der Waals surface area contributed by atoms with Crippen molar-refractivity contribution in [2.24, 2.45) is 23.3 Å². The topological polar surface area (TPSA) is 199 Å². The first-order valence-electron chi connectivity index (χ1n) is 11.0. The zero-order chi connectivity index (χ0) is 26.0. The summed E-state index contributed by atoms with van der Waals surface area (Å²) in [4.78, 5) is 40.1. The second-order valence-electron chi connectivity index (χ2n) is 9.29. The highest BCUT2D eigenvalue weighted by atomic mass is 19.1. The number of carbonyl (C=O) groups is 3. The molecule has 35 heavy (non-hydrogen) atoms. The van der Waals surface area contributed by atoms with Crippen LogP contribution in [0.1, 0.15) is 17.5 Å². The summed E-state index contributed by atoms with van der Waals surface area (Å²) in [5, 5.41) is 46.9. The number of nitrogens with zero attached hydrogens (tertiary/aromatic N) is 1. The molecule has 0 bridgehead atoms. The van der Waals surface area contributed by atoms with Crippen LogP contribution in [-0.4, -0.2) is 81.6 Å². The predicted molar refractivity (Wildman–Crippen MR) is 122 cm³/mol. The number of rotatable bonds is 5. The molecule has 0 saturated heterocycles. The van der Waals surface area contributed by atoms with Gasteiger partial charge in [0.05, 0.1) is 17.3 Å². The molecule has 3 aliphatic carbocycles. The number of hydrogen-bond donors (Lipinski definition) is 7. The second kappa shape index (κ2) is 8.33. The highest BCUT2D eigenvalue weighted by molar-refractivity contribution is 6.24. The number of aliphatic hydroxyl groups excluding tert-OH is 2. The molecular formula is C23H27FN4O7. The molecule has 0 heterocycles. The molecule has 9 N–H and O–H groups in total. The van der Waals surface area contributed by atoms with Crippen LogP contribution in [0.5, 0.6) is 5.75 Å². The van der Waals surface area contributed by atoms with E-state index in [4.69, 9.17) is 11.5 Å². The fourth-order valence-electron chi connectivity index (χ4n) is 5.61. The van der Waals surface area contributed by atoms with Gasteiger partial charge in [-0.15, -0.1) is 0 Å². The summed E-state index contributed by atoms with van der Waals surface area (Å²) < 4.78 is 15.0. The molecule has 0 radical (unpaired) electrons. The molecule has 1 fully saturated rings. The van der Waals surface area contributed by atoms with Crippen LogP contribution in [0.4, 0.5) is 10.1 Å². The third kappa shape index (κ3) is 3.32. The summed E-state index contributed by atoms with van der Waals surface area (Å²) in [5.74, 6) is -8.56. The van der Waals surface area contributed by atoms with Crippen LogP contribution in [0.3, 0.4) is 0 Å². The number of primary amides is 1. The maximum Gasteiger partial charge on any atom is 0.255 e. The first-order chi connectivity index (χ1) is 16.4. The number of aliphatic hydroxyl groups is 3. The third-order valence-corrected chi connectivity index (χ3v) is 7.13. The standard InChI is InChI=1S/C23H27FN4O7/c1-28(2)16-10-6-8-5-9-11(24)7-12(27-4-3-25)17(29)14(9)18(30)13(8)20(32)23(10,35)21(33)15(19(16)31)22(26)34/h7-8,10,16,27,29-30,33,35H,3-6,25H2,1-2H3,(H2,26,34)/t8-,10-,16-,23-/m0/s1. The molecule has 0 aliphatic heterocycles. The first-order valence-corrected chi connectivity index (χ1v) is 11.0. The Labute approximate surface area is 199 Å². The van der Waals surface area contributed by atoms with Gasteiger partial charge in [0.25, 0.3) is 5.91 Å². The van der Waals surface area contributed by atoms with Gasteiger partial charge < -0.3 is 37.2 Å². The minimum atomic E-state index is -2.74. The van der Waals surface area contributed by atoms with E-state index in [9.17, 15) is 34.8 Å². The molecule has 0 aromatic heterocycles. The second-order valence-corrected chi connectivity index (χ2v) is 9.29. The van der Waals surface area contributed by atoms with Crippen LogP contribution in [-0.2, 0) is 20.8 Å². The van der Waals surface area contributed by atoms with Crippen LogP contribution in [0.25, 0.3) is 5.76 Å². The number of halogens is 1. The number of likely N-dealkylation sites (N-methyl/N-ethyl adjacent to an activating group) is 1. The normalized spacial score (nSPS) is 28.1. The van der Waals surface area contributed by atoms with Crippen molar-refractivity contribution in [3.63, 3.8) is 0 Å². The van der Waals surface area contributed by atoms with Crippen molar-refractivity contribution in [3.8, 4) is 5.75 Å². The summed E-state index contributed by atoms with van der Waals surface area (Å²) in [7, 11) is 3.00. The number of ketones is 2. The lowest BCUT2D eigenvalue weighted by Gasteiger charge is -2.50. The molecule has 0 spiro atoms. The molecule has 1 saturated carbocycles. The zero-order valence-electron chi connectivity index (χ0n) is 19.1. The van der Waals surface area contributed by atoms with Crippen LogP contribution in [0.15, 0.2) is 23.0 Å². The molecule has 11 nitrogen and oxygen atoms in total. The summed E-state index contributed by atoms with van der Waals surface area (Å²) in [6.45, 7) is 0.375. The number of anilines is 1. The number of amides is 1. The fourth-order valence-corrected chi connectivity index (χ4v) is 5.61. The van der Waals surface area contributed by atoms with Crippen molar-refractivity contribution >= 4 is 28.9 Å². The minimum Gasteiger partial charge on any atom is -0.508 e. The van der Waals surface area contributed by atoms with Gasteiger partial charge in [0, 0.05) is 36.2 Å². The number of Topliss-reactive ketones (excluding diaryl/α,β-unsaturated/α-hetero) is 2. The Morgan fingerprint density at radius 1 is 1.29 bits per heavy atom. The molecule has 1 aromatic rings. The largest absolute Gasteiger partial charge is 0.508 e. The Hall–Kier alpha value is -3.48. The van der Waals surface area contributed by atoms with E-state index in [1.54, 1.807) is 0 Å². The quantitative estimate of drug-likeness (QED) is 0.208. The van der Waals surface area contributed by atoms with Gasteiger partial charge in [-0.2, -0.15) is 0 Å². The van der Waals surface area contributed by atoms with Crippen molar-refractivity contribution < 1.29 is 39.2 Å². The highest BCUT2D eigenvalue weighted by Crippen LogP contribution is 2.53. The molecule has 4 rings (SSSR count). The minimum absolute atomic E-state index is 0.0357. The number of phenols is 1. The molecule has 188 valence electrons. The molecular weight excluding hydrogens is 463 g/mol. The van der Waals surface area contributed by atoms with Crippen LogP contribution in [0, 0.1) is 17.7 Å². The maximum absolute atomic E-state index is 15.0. The smallest absolute Gasteiger partial charge is 0.255 e. The lowest BCUT2D eigenvalue weighted by Crippen LogP contribution is -2.65. The Balaban J connectivity index is 1.95. The number of fused-ring (bicyclic) bond motifs is 3. The SMILES string of the molecule is CN(C)[C@@H]1C(=O)C(C(N)=O)=C(O)[C@@]2(O)C(=O)C3=C(O)c4c(O)c(NCCN)cc(F)c4C[C@H]3C[C@@H]12. The van der Waals surface area contributed by atoms with Gasteiger partial charge in [-0.1, -0.05) is 0 Å². The Morgan fingerprint density at radius 3 is 2.51 bits per heavy atom. The van der Waals surface area contributed by atoms with E-state index in [-0.39, 0.29) is 48.3 Å². The van der Waals surface area contributed by atoms with Crippen LogP contribution < -0.4 is 16.8 Å². The Morgan fingerprint density at radius 2 is 1.94 bits per heavy atom. The van der Waals surface area contributed by atoms with E-state index in [1.165, 1.54) is 19.0 Å². The number of hydrogen-bond acceptors (Lipinski definition) is 10. The summed E-state index contributed by atoms with van der Waals surface area (Å²) in [6, 6.07) is -0.141. The van der Waals surface area contributed by atoms with Crippen molar-refractivity contribution in [2.75, 3.05) is 32.5 Å². The van der Waals surface area contributed by atoms with Gasteiger partial charge in [-0.3, -0.25) is 19.3 Å². The molecule has 4 atom stereocenters. The first kappa shape index (κ1) is 24.6. The average Bonchev–Trinajstić information content (AvgIpc) is 2.77. The molecule has 3 aliphatic rings. The Kier molecular flexibility index (Phi) is 5.86. The van der Waals surface area contributed by atoms with Gasteiger partial charge in [-0.25, -0.2) is 4.39 Å². The third-order valence-electron chi connectivity index (χ3n) is 7.13. The van der Waals surface area contributed by atoms with Gasteiger partial charge in [-0.05, 0) is 32.9 Å². The molecule has 1 aromatic carbocycles. The number of benzene rings is 1.